The summed E-state index contributed by atoms with van der Waals surface area (Å²) in [4.78, 5) is 0.457. The Bertz CT molecular complexity index is 618. The van der Waals surface area contributed by atoms with Crippen LogP contribution in [0, 0.1) is 11.8 Å². The summed E-state index contributed by atoms with van der Waals surface area (Å²) in [6, 6.07) is 15.3. The van der Waals surface area contributed by atoms with E-state index in [1.54, 1.807) is 0 Å². The molecule has 1 aliphatic heterocycles. The highest BCUT2D eigenvalue weighted by Crippen LogP contribution is 2.39. The predicted octanol–water partition coefficient (Wildman–Crippen LogP) is 5.21. The van der Waals surface area contributed by atoms with Crippen molar-refractivity contribution in [3.05, 3.63) is 48.0 Å². The molecule has 0 saturated carbocycles. The van der Waals surface area contributed by atoms with Crippen molar-refractivity contribution in [2.24, 2.45) is 11.8 Å². The molecule has 5 unspecified atom stereocenters. The third kappa shape index (κ3) is 2.89. The van der Waals surface area contributed by atoms with Gasteiger partial charge in [-0.2, -0.15) is 0 Å². The molecule has 1 fully saturated rings. The first-order chi connectivity index (χ1) is 10.1. The smallest absolute Gasteiger partial charge is 0.0593 e. The van der Waals surface area contributed by atoms with Crippen LogP contribution in [0.15, 0.2) is 42.5 Å². The lowest BCUT2D eigenvalue weighted by Crippen LogP contribution is -2.28. The Hall–Kier alpha value is -0.860. The molecule has 0 bridgehead atoms. The lowest BCUT2D eigenvalue weighted by Gasteiger charge is -2.25. The number of halogens is 1. The molecule has 1 heterocycles. The third-order valence-electron chi connectivity index (χ3n) is 5.03. The van der Waals surface area contributed by atoms with Crippen LogP contribution in [-0.4, -0.2) is 17.0 Å². The van der Waals surface area contributed by atoms with E-state index in [1.165, 1.54) is 16.3 Å². The maximum Gasteiger partial charge on any atom is 0.0593 e. The summed E-state index contributed by atoms with van der Waals surface area (Å²) in [5.74, 6) is 1.17. The van der Waals surface area contributed by atoms with Crippen LogP contribution in [0.4, 0.5) is 0 Å². The van der Waals surface area contributed by atoms with Crippen molar-refractivity contribution < 1.29 is 4.74 Å². The van der Waals surface area contributed by atoms with Gasteiger partial charge in [0.2, 0.25) is 0 Å². The zero-order valence-electron chi connectivity index (χ0n) is 12.9. The van der Waals surface area contributed by atoms with Crippen molar-refractivity contribution in [2.75, 3.05) is 0 Å². The second-order valence-corrected chi connectivity index (χ2v) is 7.52. The minimum atomic E-state index is 0.328. The SMILES string of the molecule is CC1OC(C)C(C(Br)Cc2cccc3ccccc23)C1C. The summed E-state index contributed by atoms with van der Waals surface area (Å²) in [5, 5.41) is 2.70. The minimum absolute atomic E-state index is 0.328. The van der Waals surface area contributed by atoms with Crippen LogP contribution < -0.4 is 0 Å². The Morgan fingerprint density at radius 3 is 2.43 bits per heavy atom. The lowest BCUT2D eigenvalue weighted by molar-refractivity contribution is 0.0511. The first kappa shape index (κ1) is 15.1. The molecule has 0 N–H and O–H groups in total. The molecule has 112 valence electrons. The standard InChI is InChI=1S/C19H23BrO/c1-12-13(2)21-14(3)19(12)18(20)11-16-9-6-8-15-7-4-5-10-17(15)16/h4-10,12-14,18-19H,11H2,1-3H3. The number of benzene rings is 2. The number of fused-ring (bicyclic) bond motifs is 1. The van der Waals surface area contributed by atoms with Gasteiger partial charge in [0.05, 0.1) is 12.2 Å². The highest BCUT2D eigenvalue weighted by atomic mass is 79.9. The Morgan fingerprint density at radius 1 is 1.00 bits per heavy atom. The molecule has 1 nitrogen and oxygen atoms in total. The van der Waals surface area contributed by atoms with E-state index in [1.807, 2.05) is 0 Å². The quantitative estimate of drug-likeness (QED) is 0.693. The first-order valence-corrected chi connectivity index (χ1v) is 8.75. The number of hydrogen-bond donors (Lipinski definition) is 0. The second kappa shape index (κ2) is 6.10. The molecule has 5 atom stereocenters. The van der Waals surface area contributed by atoms with Gasteiger partial charge in [0, 0.05) is 10.7 Å². The Kier molecular flexibility index (Phi) is 4.37. The van der Waals surface area contributed by atoms with Gasteiger partial charge < -0.3 is 4.74 Å². The molecule has 3 rings (SSSR count). The molecule has 2 aromatic carbocycles. The third-order valence-corrected chi connectivity index (χ3v) is 5.97. The molecule has 0 aromatic heterocycles. The first-order valence-electron chi connectivity index (χ1n) is 7.84. The van der Waals surface area contributed by atoms with E-state index in [4.69, 9.17) is 4.74 Å². The molecule has 1 saturated heterocycles. The van der Waals surface area contributed by atoms with E-state index in [-0.39, 0.29) is 0 Å². The molecular formula is C19H23BrO. The molecule has 0 spiro atoms. The number of rotatable bonds is 3. The van der Waals surface area contributed by atoms with Crippen molar-refractivity contribution in [3.8, 4) is 0 Å². The van der Waals surface area contributed by atoms with Gasteiger partial charge in [0.15, 0.2) is 0 Å². The average molecular weight is 347 g/mol. The van der Waals surface area contributed by atoms with Gasteiger partial charge in [0.25, 0.3) is 0 Å². The van der Waals surface area contributed by atoms with E-state index in [9.17, 15) is 0 Å². The molecule has 0 radical (unpaired) electrons. The van der Waals surface area contributed by atoms with Crippen LogP contribution in [0.25, 0.3) is 10.8 Å². The van der Waals surface area contributed by atoms with Crippen molar-refractivity contribution in [3.63, 3.8) is 0 Å². The molecule has 21 heavy (non-hydrogen) atoms. The fourth-order valence-electron chi connectivity index (χ4n) is 3.73. The summed E-state index contributed by atoms with van der Waals surface area (Å²) in [5.41, 5.74) is 1.42. The van der Waals surface area contributed by atoms with Crippen LogP contribution in [0.5, 0.6) is 0 Å². The van der Waals surface area contributed by atoms with Crippen LogP contribution >= 0.6 is 15.9 Å². The molecule has 1 aliphatic rings. The topological polar surface area (TPSA) is 9.23 Å². The van der Waals surface area contributed by atoms with Crippen molar-refractivity contribution in [1.29, 1.82) is 0 Å². The van der Waals surface area contributed by atoms with Gasteiger partial charge in [-0.05, 0) is 42.5 Å². The van der Waals surface area contributed by atoms with Crippen molar-refractivity contribution in [1.82, 2.24) is 0 Å². The molecule has 0 amide bonds. The van der Waals surface area contributed by atoms with E-state index < -0.39 is 0 Å². The largest absolute Gasteiger partial charge is 0.375 e. The summed E-state index contributed by atoms with van der Waals surface area (Å²) in [7, 11) is 0. The van der Waals surface area contributed by atoms with Crippen LogP contribution in [-0.2, 0) is 11.2 Å². The molecule has 2 heteroatoms. The monoisotopic (exact) mass is 346 g/mol. The van der Waals surface area contributed by atoms with Gasteiger partial charge in [-0.3, -0.25) is 0 Å². The summed E-state index contributed by atoms with van der Waals surface area (Å²) < 4.78 is 6.00. The normalized spacial score (nSPS) is 30.7. The Morgan fingerprint density at radius 2 is 1.71 bits per heavy atom. The van der Waals surface area contributed by atoms with Gasteiger partial charge in [-0.25, -0.2) is 0 Å². The molecule has 2 aromatic rings. The van der Waals surface area contributed by atoms with E-state index in [0.717, 1.165) is 6.42 Å². The summed E-state index contributed by atoms with van der Waals surface area (Å²) in [6.07, 6.45) is 1.74. The van der Waals surface area contributed by atoms with Gasteiger partial charge in [-0.15, -0.1) is 0 Å². The Labute approximate surface area is 135 Å². The summed E-state index contributed by atoms with van der Waals surface area (Å²) in [6.45, 7) is 6.72. The highest BCUT2D eigenvalue weighted by Gasteiger charge is 2.40. The molecule has 0 aliphatic carbocycles. The lowest BCUT2D eigenvalue weighted by atomic mass is 9.84. The van der Waals surface area contributed by atoms with Crippen LogP contribution in [0.1, 0.15) is 26.3 Å². The van der Waals surface area contributed by atoms with E-state index in [2.05, 4.69) is 79.2 Å². The zero-order chi connectivity index (χ0) is 15.0. The van der Waals surface area contributed by atoms with E-state index in [0.29, 0.717) is 28.9 Å². The van der Waals surface area contributed by atoms with Gasteiger partial charge in [-0.1, -0.05) is 65.3 Å². The van der Waals surface area contributed by atoms with Crippen LogP contribution in [0.2, 0.25) is 0 Å². The minimum Gasteiger partial charge on any atom is -0.375 e. The number of hydrogen-bond acceptors (Lipinski definition) is 1. The van der Waals surface area contributed by atoms with Crippen molar-refractivity contribution in [2.45, 2.75) is 44.2 Å². The van der Waals surface area contributed by atoms with Crippen molar-refractivity contribution >= 4 is 26.7 Å². The highest BCUT2D eigenvalue weighted by molar-refractivity contribution is 9.09. The summed E-state index contributed by atoms with van der Waals surface area (Å²) >= 11 is 3.96. The van der Waals surface area contributed by atoms with Gasteiger partial charge in [0.1, 0.15) is 0 Å². The fraction of sp³-hybridized carbons (Fsp3) is 0.474. The van der Waals surface area contributed by atoms with Gasteiger partial charge >= 0.3 is 0 Å². The maximum absolute atomic E-state index is 6.00. The fourth-order valence-corrected chi connectivity index (χ4v) is 4.99. The predicted molar refractivity (Wildman–Crippen MR) is 93.0 cm³/mol. The maximum atomic E-state index is 6.00. The number of alkyl halides is 1. The van der Waals surface area contributed by atoms with Crippen LogP contribution in [0.3, 0.4) is 0 Å². The van der Waals surface area contributed by atoms with E-state index >= 15 is 0 Å². The number of ether oxygens (including phenoxy) is 1. The molecular weight excluding hydrogens is 324 g/mol. The Balaban J connectivity index is 1.85. The second-order valence-electron chi connectivity index (χ2n) is 6.34. The average Bonchev–Trinajstić information content (AvgIpc) is 2.72. The zero-order valence-corrected chi connectivity index (χ0v) is 14.5.